The van der Waals surface area contributed by atoms with E-state index in [9.17, 15) is 9.59 Å². The lowest BCUT2D eigenvalue weighted by Crippen LogP contribution is -2.37. The summed E-state index contributed by atoms with van der Waals surface area (Å²) in [4.78, 5) is 22.8. The van der Waals surface area contributed by atoms with Crippen molar-refractivity contribution in [2.24, 2.45) is 0 Å². The van der Waals surface area contributed by atoms with Crippen molar-refractivity contribution in [3.8, 4) is 0 Å². The number of para-hydroxylation sites is 1. The number of carbonyl (C=O) groups is 2. The summed E-state index contributed by atoms with van der Waals surface area (Å²) in [6.07, 6.45) is 2.42. The molecule has 1 aromatic carbocycles. The summed E-state index contributed by atoms with van der Waals surface area (Å²) in [5, 5.41) is 2.44. The highest BCUT2D eigenvalue weighted by Gasteiger charge is 2.27. The van der Waals surface area contributed by atoms with E-state index in [4.69, 9.17) is 0 Å². The Bertz CT molecular complexity index is 474. The first-order chi connectivity index (χ1) is 8.72. The molecule has 0 saturated carbocycles. The molecule has 0 radical (unpaired) electrons. The summed E-state index contributed by atoms with van der Waals surface area (Å²) in [6, 6.07) is 8.68. The highest BCUT2D eigenvalue weighted by Crippen LogP contribution is 2.14. The molecule has 18 heavy (non-hydrogen) atoms. The molecule has 2 amide bonds. The normalized spacial score (nSPS) is 15.5. The fourth-order valence-electron chi connectivity index (χ4n) is 1.36. The molecule has 0 bridgehead atoms. The third kappa shape index (κ3) is 2.47. The fraction of sp³-hybridized carbons (Fsp3) is 0.0909. The second-order valence-electron chi connectivity index (χ2n) is 3.39. The van der Waals surface area contributed by atoms with Crippen LogP contribution < -0.4 is 16.1 Å². The Kier molecular flexibility index (Phi) is 3.56. The summed E-state index contributed by atoms with van der Waals surface area (Å²) in [7, 11) is 1.26. The maximum absolute atomic E-state index is 11.9. The molecule has 0 atom stereocenters. The highest BCUT2D eigenvalue weighted by atomic mass is 16.5. The van der Waals surface area contributed by atoms with Gasteiger partial charge in [0, 0.05) is 12.3 Å². The summed E-state index contributed by atoms with van der Waals surface area (Å²) < 4.78 is 4.43. The van der Waals surface area contributed by atoms with Gasteiger partial charge in [-0.15, -0.1) is 11.1 Å². The fourth-order valence-corrected chi connectivity index (χ4v) is 1.36. The summed E-state index contributed by atoms with van der Waals surface area (Å²) >= 11 is 0. The Balaban J connectivity index is 2.06. The van der Waals surface area contributed by atoms with E-state index in [0.717, 1.165) is 11.1 Å². The molecule has 0 unspecified atom stereocenters. The van der Waals surface area contributed by atoms with E-state index in [1.807, 2.05) is 18.2 Å². The lowest BCUT2D eigenvalue weighted by atomic mass is 10.3. The number of amides is 2. The SMILES string of the molecule is COC(=O)/C=C/N1NNN(c2ccccc2)C1=O. The van der Waals surface area contributed by atoms with Crippen molar-refractivity contribution in [1.29, 1.82) is 0 Å². The van der Waals surface area contributed by atoms with Gasteiger partial charge in [0.2, 0.25) is 0 Å². The molecule has 1 saturated heterocycles. The van der Waals surface area contributed by atoms with E-state index < -0.39 is 5.97 Å². The molecule has 0 aromatic heterocycles. The largest absolute Gasteiger partial charge is 0.466 e. The Morgan fingerprint density at radius 2 is 2.00 bits per heavy atom. The van der Waals surface area contributed by atoms with E-state index >= 15 is 0 Å². The van der Waals surface area contributed by atoms with Crippen LogP contribution in [0.3, 0.4) is 0 Å². The van der Waals surface area contributed by atoms with Crippen LogP contribution >= 0.6 is 0 Å². The van der Waals surface area contributed by atoms with Gasteiger partial charge < -0.3 is 4.74 Å². The van der Waals surface area contributed by atoms with Crippen molar-refractivity contribution in [2.45, 2.75) is 0 Å². The molecule has 0 spiro atoms. The Hall–Kier alpha value is -2.38. The molecule has 7 heteroatoms. The van der Waals surface area contributed by atoms with Gasteiger partial charge in [-0.3, -0.25) is 0 Å². The third-order valence-electron chi connectivity index (χ3n) is 2.25. The second-order valence-corrected chi connectivity index (χ2v) is 3.39. The number of nitrogens with one attached hydrogen (secondary N) is 2. The zero-order valence-electron chi connectivity index (χ0n) is 9.66. The first kappa shape index (κ1) is 12.1. The average molecular weight is 248 g/mol. The maximum atomic E-state index is 11.9. The van der Waals surface area contributed by atoms with Gasteiger partial charge in [0.1, 0.15) is 0 Å². The predicted octanol–water partition coefficient (Wildman–Crippen LogP) is 0.539. The van der Waals surface area contributed by atoms with Crippen LogP contribution in [0.15, 0.2) is 42.6 Å². The van der Waals surface area contributed by atoms with Crippen molar-refractivity contribution >= 4 is 17.7 Å². The lowest BCUT2D eigenvalue weighted by molar-refractivity contribution is -0.134. The highest BCUT2D eigenvalue weighted by molar-refractivity contribution is 5.93. The van der Waals surface area contributed by atoms with E-state index in [0.29, 0.717) is 5.69 Å². The third-order valence-corrected chi connectivity index (χ3v) is 2.25. The number of hydrogen-bond donors (Lipinski definition) is 2. The molecule has 1 aliphatic heterocycles. The van der Waals surface area contributed by atoms with E-state index in [1.54, 1.807) is 12.1 Å². The molecule has 1 aromatic rings. The molecule has 1 aliphatic rings. The number of hydrazine groups is 3. The van der Waals surface area contributed by atoms with Crippen LogP contribution in [0, 0.1) is 0 Å². The van der Waals surface area contributed by atoms with Crippen LogP contribution in [-0.2, 0) is 9.53 Å². The number of esters is 1. The van der Waals surface area contributed by atoms with Crippen LogP contribution in [-0.4, -0.2) is 24.1 Å². The number of urea groups is 1. The molecular formula is C11H12N4O3. The summed E-state index contributed by atoms with van der Waals surface area (Å²) in [5.74, 6) is -0.539. The van der Waals surface area contributed by atoms with Crippen LogP contribution in [0.2, 0.25) is 0 Å². The van der Waals surface area contributed by atoms with Gasteiger partial charge in [-0.05, 0) is 12.1 Å². The predicted molar refractivity (Wildman–Crippen MR) is 63.6 cm³/mol. The number of nitrogens with zero attached hydrogens (tertiary/aromatic N) is 2. The zero-order chi connectivity index (χ0) is 13.0. The van der Waals surface area contributed by atoms with Crippen LogP contribution in [0.1, 0.15) is 0 Å². The minimum Gasteiger partial charge on any atom is -0.466 e. The molecule has 1 fully saturated rings. The smallest absolute Gasteiger partial charge is 0.359 e. The van der Waals surface area contributed by atoms with Crippen molar-refractivity contribution in [1.82, 2.24) is 16.1 Å². The molecule has 7 nitrogen and oxygen atoms in total. The minimum absolute atomic E-state index is 0.360. The van der Waals surface area contributed by atoms with Crippen molar-refractivity contribution in [3.63, 3.8) is 0 Å². The topological polar surface area (TPSA) is 73.9 Å². The van der Waals surface area contributed by atoms with Gasteiger partial charge in [-0.1, -0.05) is 18.2 Å². The van der Waals surface area contributed by atoms with Crippen LogP contribution in [0.5, 0.6) is 0 Å². The Morgan fingerprint density at radius 1 is 1.28 bits per heavy atom. The van der Waals surface area contributed by atoms with Crippen molar-refractivity contribution in [3.05, 3.63) is 42.6 Å². The Labute approximate surface area is 104 Å². The number of anilines is 1. The molecule has 2 rings (SSSR count). The molecule has 1 heterocycles. The van der Waals surface area contributed by atoms with Gasteiger partial charge >= 0.3 is 12.0 Å². The minimum atomic E-state index is -0.539. The number of benzene rings is 1. The van der Waals surface area contributed by atoms with E-state index in [-0.39, 0.29) is 6.03 Å². The summed E-state index contributed by atoms with van der Waals surface area (Å²) in [6.45, 7) is 0. The van der Waals surface area contributed by atoms with Gasteiger partial charge in [0.25, 0.3) is 0 Å². The van der Waals surface area contributed by atoms with Crippen LogP contribution in [0.4, 0.5) is 10.5 Å². The number of carbonyl (C=O) groups excluding carboxylic acids is 2. The number of rotatable bonds is 3. The molecule has 2 N–H and O–H groups in total. The monoisotopic (exact) mass is 248 g/mol. The van der Waals surface area contributed by atoms with E-state index in [1.165, 1.54) is 18.3 Å². The standard InChI is InChI=1S/C11H12N4O3/c1-18-10(16)7-8-14-11(17)15(13-12-14)9-5-3-2-4-6-9/h2-8,12-13H,1H3/b8-7+. The lowest BCUT2D eigenvalue weighted by Gasteiger charge is -2.12. The number of hydrogen-bond acceptors (Lipinski definition) is 5. The van der Waals surface area contributed by atoms with Gasteiger partial charge in [-0.2, -0.15) is 0 Å². The maximum Gasteiger partial charge on any atom is 0.359 e. The number of ether oxygens (including phenoxy) is 1. The molecule has 0 aliphatic carbocycles. The first-order valence-corrected chi connectivity index (χ1v) is 5.18. The summed E-state index contributed by atoms with van der Waals surface area (Å²) in [5.41, 5.74) is 5.95. The first-order valence-electron chi connectivity index (χ1n) is 5.18. The van der Waals surface area contributed by atoms with Gasteiger partial charge in [0.15, 0.2) is 0 Å². The van der Waals surface area contributed by atoms with Gasteiger partial charge in [0.05, 0.1) is 12.8 Å². The molecule has 94 valence electrons. The number of methoxy groups -OCH3 is 1. The second kappa shape index (κ2) is 5.30. The van der Waals surface area contributed by atoms with Gasteiger partial charge in [-0.25, -0.2) is 19.6 Å². The average Bonchev–Trinajstić information content (AvgIpc) is 2.78. The van der Waals surface area contributed by atoms with E-state index in [2.05, 4.69) is 15.8 Å². The van der Waals surface area contributed by atoms with Crippen LogP contribution in [0.25, 0.3) is 0 Å². The quantitative estimate of drug-likeness (QED) is 0.603. The zero-order valence-corrected chi connectivity index (χ0v) is 9.66. The van der Waals surface area contributed by atoms with Crippen molar-refractivity contribution < 1.29 is 14.3 Å². The molecular weight excluding hydrogens is 236 g/mol. The Morgan fingerprint density at radius 3 is 2.67 bits per heavy atom. The van der Waals surface area contributed by atoms with Crippen molar-refractivity contribution in [2.75, 3.05) is 12.1 Å².